The van der Waals surface area contributed by atoms with E-state index in [1.165, 1.54) is 5.56 Å². The summed E-state index contributed by atoms with van der Waals surface area (Å²) in [5, 5.41) is 5.31. The number of hydrogen-bond acceptors (Lipinski definition) is 3. The standard InChI is InChI=1S/C30H31NO3/c1-3-33-28-19-18-25(30(32)31-22(2)16-17-23-10-5-4-6-11-23)20-26(28)21-34-29-15-9-13-24-12-7-8-14-27(24)29/h4-15,18-20,22H,3,16-17,21H2,1-2H3,(H,31,32)/t22-/m1/s1. The van der Waals surface area contributed by atoms with Crippen molar-refractivity contribution in [2.45, 2.75) is 39.3 Å². The van der Waals surface area contributed by atoms with Crippen LogP contribution in [0.25, 0.3) is 10.8 Å². The van der Waals surface area contributed by atoms with Crippen LogP contribution in [0.5, 0.6) is 11.5 Å². The predicted octanol–water partition coefficient (Wildman–Crippen LogP) is 6.57. The van der Waals surface area contributed by atoms with Gasteiger partial charge >= 0.3 is 0 Å². The van der Waals surface area contributed by atoms with E-state index in [1.54, 1.807) is 0 Å². The van der Waals surface area contributed by atoms with E-state index in [1.807, 2.05) is 74.5 Å². The molecule has 4 nitrogen and oxygen atoms in total. The van der Waals surface area contributed by atoms with E-state index in [9.17, 15) is 4.79 Å². The van der Waals surface area contributed by atoms with Crippen molar-refractivity contribution in [2.24, 2.45) is 0 Å². The zero-order valence-corrected chi connectivity index (χ0v) is 19.8. The summed E-state index contributed by atoms with van der Waals surface area (Å²) in [6.07, 6.45) is 1.81. The molecule has 0 saturated heterocycles. The molecule has 0 aliphatic rings. The van der Waals surface area contributed by atoms with Crippen molar-refractivity contribution in [3.8, 4) is 11.5 Å². The lowest BCUT2D eigenvalue weighted by Gasteiger charge is -2.16. The van der Waals surface area contributed by atoms with E-state index >= 15 is 0 Å². The van der Waals surface area contributed by atoms with Gasteiger partial charge in [0.2, 0.25) is 0 Å². The molecule has 174 valence electrons. The number of carbonyl (C=O) groups excluding carboxylic acids is 1. The van der Waals surface area contributed by atoms with E-state index in [0.717, 1.165) is 40.7 Å². The highest BCUT2D eigenvalue weighted by Crippen LogP contribution is 2.28. The monoisotopic (exact) mass is 453 g/mol. The van der Waals surface area contributed by atoms with E-state index in [4.69, 9.17) is 9.47 Å². The number of nitrogens with one attached hydrogen (secondary N) is 1. The Morgan fingerprint density at radius 3 is 2.44 bits per heavy atom. The minimum atomic E-state index is -0.0879. The number of aryl methyl sites for hydroxylation is 1. The van der Waals surface area contributed by atoms with Gasteiger partial charge in [0.05, 0.1) is 6.61 Å². The molecule has 0 fully saturated rings. The van der Waals surface area contributed by atoms with Crippen LogP contribution in [-0.4, -0.2) is 18.6 Å². The van der Waals surface area contributed by atoms with Gasteiger partial charge in [0, 0.05) is 22.6 Å². The Morgan fingerprint density at radius 2 is 1.62 bits per heavy atom. The average molecular weight is 454 g/mol. The fourth-order valence-electron chi connectivity index (χ4n) is 4.01. The SMILES string of the molecule is CCOc1ccc(C(=O)N[C@H](C)CCc2ccccc2)cc1COc1cccc2ccccc12. The largest absolute Gasteiger partial charge is 0.493 e. The Labute approximate surface area is 201 Å². The fourth-order valence-corrected chi connectivity index (χ4v) is 4.01. The fraction of sp³-hybridized carbons (Fsp3) is 0.233. The topological polar surface area (TPSA) is 47.6 Å². The van der Waals surface area contributed by atoms with Gasteiger partial charge in [0.25, 0.3) is 5.91 Å². The van der Waals surface area contributed by atoms with Crippen LogP contribution in [0.2, 0.25) is 0 Å². The Hall–Kier alpha value is -3.79. The van der Waals surface area contributed by atoms with Crippen LogP contribution in [-0.2, 0) is 13.0 Å². The molecule has 4 rings (SSSR count). The number of carbonyl (C=O) groups is 1. The maximum absolute atomic E-state index is 12.9. The third-order valence-corrected chi connectivity index (χ3v) is 5.84. The van der Waals surface area contributed by atoms with Crippen molar-refractivity contribution >= 4 is 16.7 Å². The van der Waals surface area contributed by atoms with Crippen LogP contribution < -0.4 is 14.8 Å². The summed E-state index contributed by atoms with van der Waals surface area (Å²) in [4.78, 5) is 12.9. The summed E-state index contributed by atoms with van der Waals surface area (Å²) in [6.45, 7) is 4.85. The molecule has 0 aromatic heterocycles. The maximum atomic E-state index is 12.9. The second kappa shape index (κ2) is 11.4. The highest BCUT2D eigenvalue weighted by atomic mass is 16.5. The molecule has 0 spiro atoms. The van der Waals surface area contributed by atoms with Crippen molar-refractivity contribution in [2.75, 3.05) is 6.61 Å². The molecule has 0 heterocycles. The Bertz CT molecular complexity index is 1230. The highest BCUT2D eigenvalue weighted by molar-refractivity contribution is 5.94. The van der Waals surface area contributed by atoms with Crippen molar-refractivity contribution in [1.82, 2.24) is 5.32 Å². The van der Waals surface area contributed by atoms with Crippen LogP contribution in [0.1, 0.15) is 41.8 Å². The number of ether oxygens (including phenoxy) is 2. The van der Waals surface area contributed by atoms with E-state index in [2.05, 4.69) is 35.6 Å². The van der Waals surface area contributed by atoms with Gasteiger partial charge in [-0.25, -0.2) is 0 Å². The first-order valence-electron chi connectivity index (χ1n) is 11.8. The first-order chi connectivity index (χ1) is 16.6. The smallest absolute Gasteiger partial charge is 0.251 e. The summed E-state index contributed by atoms with van der Waals surface area (Å²) < 4.78 is 12.0. The van der Waals surface area contributed by atoms with Crippen molar-refractivity contribution in [3.05, 3.63) is 108 Å². The average Bonchev–Trinajstić information content (AvgIpc) is 2.87. The lowest BCUT2D eigenvalue weighted by molar-refractivity contribution is 0.0938. The van der Waals surface area contributed by atoms with Gasteiger partial charge in [0.1, 0.15) is 18.1 Å². The van der Waals surface area contributed by atoms with Gasteiger partial charge < -0.3 is 14.8 Å². The van der Waals surface area contributed by atoms with E-state index in [-0.39, 0.29) is 11.9 Å². The Morgan fingerprint density at radius 1 is 0.853 bits per heavy atom. The third-order valence-electron chi connectivity index (χ3n) is 5.84. The highest BCUT2D eigenvalue weighted by Gasteiger charge is 2.14. The molecule has 0 aliphatic heterocycles. The number of rotatable bonds is 10. The molecule has 0 radical (unpaired) electrons. The normalized spacial score (nSPS) is 11.7. The second-order valence-electron chi connectivity index (χ2n) is 8.42. The molecule has 4 aromatic rings. The molecule has 0 saturated carbocycles. The van der Waals surface area contributed by atoms with Crippen LogP contribution in [0.3, 0.4) is 0 Å². The Kier molecular flexibility index (Phi) is 7.82. The predicted molar refractivity (Wildman–Crippen MR) is 138 cm³/mol. The van der Waals surface area contributed by atoms with E-state index < -0.39 is 0 Å². The van der Waals surface area contributed by atoms with Crippen molar-refractivity contribution < 1.29 is 14.3 Å². The summed E-state index contributed by atoms with van der Waals surface area (Å²) in [7, 11) is 0. The van der Waals surface area contributed by atoms with Gasteiger partial charge in [-0.05, 0) is 61.9 Å². The van der Waals surface area contributed by atoms with Crippen LogP contribution >= 0.6 is 0 Å². The summed E-state index contributed by atoms with van der Waals surface area (Å²) in [5.41, 5.74) is 2.73. The molecule has 4 aromatic carbocycles. The lowest BCUT2D eigenvalue weighted by atomic mass is 10.1. The van der Waals surface area contributed by atoms with Gasteiger partial charge in [-0.3, -0.25) is 4.79 Å². The molecule has 0 bridgehead atoms. The molecule has 1 atom stereocenters. The van der Waals surface area contributed by atoms with Gasteiger partial charge in [0.15, 0.2) is 0 Å². The Balaban J connectivity index is 1.45. The zero-order chi connectivity index (χ0) is 23.8. The molecule has 1 amide bonds. The molecule has 34 heavy (non-hydrogen) atoms. The molecule has 1 N–H and O–H groups in total. The van der Waals surface area contributed by atoms with Crippen LogP contribution in [0.15, 0.2) is 91.0 Å². The first-order valence-corrected chi connectivity index (χ1v) is 11.8. The quantitative estimate of drug-likeness (QED) is 0.295. The summed E-state index contributed by atoms with van der Waals surface area (Å²) in [5.74, 6) is 1.45. The van der Waals surface area contributed by atoms with Crippen LogP contribution in [0, 0.1) is 0 Å². The van der Waals surface area contributed by atoms with Crippen molar-refractivity contribution in [3.63, 3.8) is 0 Å². The molecular formula is C30H31NO3. The van der Waals surface area contributed by atoms with Crippen LogP contribution in [0.4, 0.5) is 0 Å². The number of amides is 1. The number of hydrogen-bond donors (Lipinski definition) is 1. The molecular weight excluding hydrogens is 422 g/mol. The van der Waals surface area contributed by atoms with Gasteiger partial charge in [-0.2, -0.15) is 0 Å². The minimum Gasteiger partial charge on any atom is -0.493 e. The van der Waals surface area contributed by atoms with Gasteiger partial charge in [-0.15, -0.1) is 0 Å². The first kappa shape index (κ1) is 23.4. The number of benzene rings is 4. The molecule has 4 heteroatoms. The molecule has 0 aliphatic carbocycles. The maximum Gasteiger partial charge on any atom is 0.251 e. The molecule has 0 unspecified atom stereocenters. The lowest BCUT2D eigenvalue weighted by Crippen LogP contribution is -2.33. The van der Waals surface area contributed by atoms with E-state index in [0.29, 0.717) is 18.8 Å². The van der Waals surface area contributed by atoms with Crippen molar-refractivity contribution in [1.29, 1.82) is 0 Å². The second-order valence-corrected chi connectivity index (χ2v) is 8.42. The minimum absolute atomic E-state index is 0.0645. The summed E-state index contributed by atoms with van der Waals surface area (Å²) >= 11 is 0. The van der Waals surface area contributed by atoms with Gasteiger partial charge in [-0.1, -0.05) is 66.7 Å². The number of fused-ring (bicyclic) bond motifs is 1. The third kappa shape index (κ3) is 5.96. The zero-order valence-electron chi connectivity index (χ0n) is 19.8. The summed E-state index contributed by atoms with van der Waals surface area (Å²) in [6, 6.07) is 30.1.